The van der Waals surface area contributed by atoms with Gasteiger partial charge in [0.2, 0.25) is 10.0 Å². The number of piperazine rings is 1. The highest BCUT2D eigenvalue weighted by atomic mass is 35.5. The van der Waals surface area contributed by atoms with Gasteiger partial charge in [-0.25, -0.2) is 13.3 Å². The molecule has 3 amide bonds. The predicted molar refractivity (Wildman–Crippen MR) is 163 cm³/mol. The fourth-order valence-electron chi connectivity index (χ4n) is 5.48. The van der Waals surface area contributed by atoms with Gasteiger partial charge in [0.15, 0.2) is 0 Å². The summed E-state index contributed by atoms with van der Waals surface area (Å²) in [6, 6.07) is 12.7. The van der Waals surface area contributed by atoms with Crippen molar-refractivity contribution in [3.63, 3.8) is 0 Å². The van der Waals surface area contributed by atoms with Gasteiger partial charge in [-0.2, -0.15) is 4.31 Å². The molecule has 0 radical (unpaired) electrons. The second-order valence-corrected chi connectivity index (χ2v) is 14.4. The summed E-state index contributed by atoms with van der Waals surface area (Å²) < 4.78 is 28.7. The quantitative estimate of drug-likeness (QED) is 0.338. The summed E-state index contributed by atoms with van der Waals surface area (Å²) in [5.74, 6) is -1.51. The minimum absolute atomic E-state index is 0.0905. The third-order valence-corrected chi connectivity index (χ3v) is 10.5. The van der Waals surface area contributed by atoms with Crippen molar-refractivity contribution in [1.29, 1.82) is 0 Å². The van der Waals surface area contributed by atoms with E-state index in [9.17, 15) is 22.8 Å². The van der Waals surface area contributed by atoms with Gasteiger partial charge in [-0.1, -0.05) is 56.1 Å². The smallest absolute Gasteiger partial charge is 0.266 e. The van der Waals surface area contributed by atoms with Gasteiger partial charge >= 0.3 is 0 Å². The molecule has 2 aliphatic rings. The van der Waals surface area contributed by atoms with Gasteiger partial charge in [-0.15, -0.1) is 0 Å². The van der Waals surface area contributed by atoms with Crippen LogP contribution in [0.15, 0.2) is 53.4 Å². The SMILES string of the molecule is Cc1cc(C(C)(C)C)cc(C)c1S(=O)(=O)N1CCN(C(=O)c2ccc3c(c2)C(=O)N(c2cc(Cl)ccc2Cl)C3=O)CC1. The molecule has 5 rings (SSSR count). The summed E-state index contributed by atoms with van der Waals surface area (Å²) in [7, 11) is -3.77. The van der Waals surface area contributed by atoms with Crippen molar-refractivity contribution in [3.05, 3.63) is 92.0 Å². The van der Waals surface area contributed by atoms with E-state index in [-0.39, 0.29) is 64.9 Å². The Bertz CT molecular complexity index is 1730. The molecular formula is C31H31Cl2N3O5S. The normalized spacial score (nSPS) is 16.3. The number of rotatable bonds is 4. The fourth-order valence-corrected chi connectivity index (χ4v) is 7.69. The third kappa shape index (κ3) is 5.24. The largest absolute Gasteiger partial charge is 0.336 e. The van der Waals surface area contributed by atoms with Gasteiger partial charge in [0.25, 0.3) is 17.7 Å². The lowest BCUT2D eigenvalue weighted by atomic mass is 9.85. The van der Waals surface area contributed by atoms with Crippen LogP contribution in [0.3, 0.4) is 0 Å². The number of carbonyl (C=O) groups excluding carboxylic acids is 3. The fraction of sp³-hybridized carbons (Fsp3) is 0.323. The Hall–Kier alpha value is -3.24. The minimum atomic E-state index is -3.77. The molecule has 0 bridgehead atoms. The van der Waals surface area contributed by atoms with E-state index < -0.39 is 21.8 Å². The number of imide groups is 1. The lowest BCUT2D eigenvalue weighted by Gasteiger charge is -2.35. The van der Waals surface area contributed by atoms with Gasteiger partial charge < -0.3 is 4.90 Å². The van der Waals surface area contributed by atoms with Crippen LogP contribution >= 0.6 is 23.2 Å². The summed E-state index contributed by atoms with van der Waals surface area (Å²) in [6.45, 7) is 10.5. The Morgan fingerprint density at radius 1 is 0.810 bits per heavy atom. The summed E-state index contributed by atoms with van der Waals surface area (Å²) in [6.07, 6.45) is 0. The highest BCUT2D eigenvalue weighted by molar-refractivity contribution is 7.89. The lowest BCUT2D eigenvalue weighted by molar-refractivity contribution is 0.0697. The highest BCUT2D eigenvalue weighted by Gasteiger charge is 2.39. The molecule has 2 aliphatic heterocycles. The van der Waals surface area contributed by atoms with Crippen LogP contribution in [0.4, 0.5) is 5.69 Å². The highest BCUT2D eigenvalue weighted by Crippen LogP contribution is 2.36. The Balaban J connectivity index is 1.33. The summed E-state index contributed by atoms with van der Waals surface area (Å²) >= 11 is 12.3. The molecule has 0 N–H and O–H groups in total. The van der Waals surface area contributed by atoms with Crippen LogP contribution in [-0.4, -0.2) is 61.5 Å². The third-order valence-electron chi connectivity index (χ3n) is 7.73. The van der Waals surface area contributed by atoms with Crippen molar-refractivity contribution in [2.45, 2.75) is 44.9 Å². The van der Waals surface area contributed by atoms with E-state index >= 15 is 0 Å². The Kier molecular flexibility index (Phi) is 7.77. The van der Waals surface area contributed by atoms with Gasteiger partial charge in [0.05, 0.1) is 26.7 Å². The molecular weight excluding hydrogens is 597 g/mol. The van der Waals surface area contributed by atoms with Crippen LogP contribution in [0.5, 0.6) is 0 Å². The van der Waals surface area contributed by atoms with E-state index in [1.807, 2.05) is 26.0 Å². The predicted octanol–water partition coefficient (Wildman–Crippen LogP) is 5.86. The van der Waals surface area contributed by atoms with Crippen molar-refractivity contribution in [3.8, 4) is 0 Å². The van der Waals surface area contributed by atoms with Crippen LogP contribution in [0, 0.1) is 13.8 Å². The minimum Gasteiger partial charge on any atom is -0.336 e. The van der Waals surface area contributed by atoms with Gasteiger partial charge in [-0.05, 0) is 72.4 Å². The van der Waals surface area contributed by atoms with Crippen LogP contribution in [0.25, 0.3) is 0 Å². The zero-order valence-electron chi connectivity index (χ0n) is 24.0. The number of nitrogens with zero attached hydrogens (tertiary/aromatic N) is 3. The van der Waals surface area contributed by atoms with Crippen LogP contribution in [-0.2, 0) is 15.4 Å². The number of halogens is 2. The molecule has 220 valence electrons. The molecule has 1 saturated heterocycles. The Morgan fingerprint density at radius 3 is 2.00 bits per heavy atom. The zero-order valence-corrected chi connectivity index (χ0v) is 26.3. The standard InChI is InChI=1S/C31H31Cl2N3O5S/c1-18-14-21(31(3,4)5)15-19(2)27(18)42(40,41)35-12-10-34(11-13-35)28(37)20-6-8-23-24(16-20)30(39)36(29(23)38)26-17-22(32)7-9-25(26)33/h6-9,14-17H,10-13H2,1-5H3. The molecule has 2 heterocycles. The second kappa shape index (κ2) is 10.8. The van der Waals surface area contributed by atoms with Crippen molar-refractivity contribution in [1.82, 2.24) is 9.21 Å². The molecule has 0 aromatic heterocycles. The molecule has 8 nitrogen and oxygen atoms in total. The van der Waals surface area contributed by atoms with E-state index in [1.165, 1.54) is 34.6 Å². The Morgan fingerprint density at radius 2 is 1.40 bits per heavy atom. The zero-order chi connectivity index (χ0) is 30.7. The molecule has 42 heavy (non-hydrogen) atoms. The molecule has 3 aromatic rings. The number of hydrogen-bond acceptors (Lipinski definition) is 5. The maximum absolute atomic E-state index is 13.7. The van der Waals surface area contributed by atoms with E-state index in [2.05, 4.69) is 20.8 Å². The molecule has 0 atom stereocenters. The van der Waals surface area contributed by atoms with Gasteiger partial charge in [-0.3, -0.25) is 14.4 Å². The number of fused-ring (bicyclic) bond motifs is 1. The maximum Gasteiger partial charge on any atom is 0.266 e. The first-order valence-electron chi connectivity index (χ1n) is 13.5. The average Bonchev–Trinajstić information content (AvgIpc) is 3.17. The first kappa shape index (κ1) is 30.2. The number of benzene rings is 3. The second-order valence-electron chi connectivity index (χ2n) is 11.7. The molecule has 0 saturated carbocycles. The maximum atomic E-state index is 13.7. The van der Waals surface area contributed by atoms with Crippen molar-refractivity contribution >= 4 is 56.6 Å². The van der Waals surface area contributed by atoms with Crippen LogP contribution in [0.2, 0.25) is 10.0 Å². The average molecular weight is 629 g/mol. The summed E-state index contributed by atoms with van der Waals surface area (Å²) in [5.41, 5.74) is 3.00. The van der Waals surface area contributed by atoms with E-state index in [1.54, 1.807) is 11.0 Å². The van der Waals surface area contributed by atoms with Crippen molar-refractivity contribution < 1.29 is 22.8 Å². The van der Waals surface area contributed by atoms with Gasteiger partial charge in [0.1, 0.15) is 0 Å². The first-order valence-corrected chi connectivity index (χ1v) is 15.7. The molecule has 0 aliphatic carbocycles. The van der Waals surface area contributed by atoms with E-state index in [0.29, 0.717) is 21.0 Å². The lowest BCUT2D eigenvalue weighted by Crippen LogP contribution is -2.50. The monoisotopic (exact) mass is 627 g/mol. The van der Waals surface area contributed by atoms with E-state index in [0.717, 1.165) is 10.5 Å². The number of amides is 3. The van der Waals surface area contributed by atoms with E-state index in [4.69, 9.17) is 23.2 Å². The van der Waals surface area contributed by atoms with Crippen LogP contribution in [0.1, 0.15) is 68.5 Å². The molecule has 3 aromatic carbocycles. The number of sulfonamides is 1. The molecule has 11 heteroatoms. The first-order chi connectivity index (χ1) is 19.6. The molecule has 0 unspecified atom stereocenters. The number of hydrogen-bond donors (Lipinski definition) is 0. The van der Waals surface area contributed by atoms with Crippen molar-refractivity contribution in [2.75, 3.05) is 31.1 Å². The van der Waals surface area contributed by atoms with Crippen molar-refractivity contribution in [2.24, 2.45) is 0 Å². The molecule has 0 spiro atoms. The Labute approximate surface area is 255 Å². The summed E-state index contributed by atoms with van der Waals surface area (Å²) in [5, 5.41) is 0.504. The van der Waals surface area contributed by atoms with Gasteiger partial charge in [0, 0.05) is 36.8 Å². The number of carbonyl (C=O) groups is 3. The topological polar surface area (TPSA) is 95.1 Å². The van der Waals surface area contributed by atoms with Crippen LogP contribution < -0.4 is 4.90 Å². The summed E-state index contributed by atoms with van der Waals surface area (Å²) in [4.78, 5) is 42.5. The number of aryl methyl sites for hydroxylation is 2. The number of anilines is 1. The molecule has 1 fully saturated rings.